The maximum atomic E-state index is 13.3. The Kier molecular flexibility index (Phi) is 3.14. The van der Waals surface area contributed by atoms with Crippen LogP contribution in [0.3, 0.4) is 0 Å². The second kappa shape index (κ2) is 4.57. The summed E-state index contributed by atoms with van der Waals surface area (Å²) in [5.74, 6) is -0.967. The Balaban J connectivity index is 2.26. The van der Waals surface area contributed by atoms with Crippen molar-refractivity contribution in [2.75, 3.05) is 0 Å². The fourth-order valence-corrected chi connectivity index (χ4v) is 1.44. The Labute approximate surface area is 95.6 Å². The zero-order chi connectivity index (χ0) is 11.5. The van der Waals surface area contributed by atoms with E-state index in [2.05, 4.69) is 10.3 Å². The molecule has 1 aromatic carbocycles. The molecule has 0 aliphatic carbocycles. The van der Waals surface area contributed by atoms with Crippen LogP contribution in [0.25, 0.3) is 0 Å². The van der Waals surface area contributed by atoms with Gasteiger partial charge in [-0.15, -0.1) is 16.7 Å². The van der Waals surface area contributed by atoms with Gasteiger partial charge in [0.1, 0.15) is 11.6 Å². The topological polar surface area (TPSA) is 30.7 Å². The molecule has 0 N–H and O–H groups in total. The van der Waals surface area contributed by atoms with Gasteiger partial charge >= 0.3 is 0 Å². The Bertz CT molecular complexity index is 478. The van der Waals surface area contributed by atoms with Crippen molar-refractivity contribution in [2.45, 2.75) is 12.4 Å². The summed E-state index contributed by atoms with van der Waals surface area (Å²) in [6, 6.07) is 3.73. The lowest BCUT2D eigenvalue weighted by Crippen LogP contribution is -2.05. The monoisotopic (exact) mass is 243 g/mol. The minimum absolute atomic E-state index is 0.00238. The van der Waals surface area contributed by atoms with Crippen molar-refractivity contribution in [2.24, 2.45) is 0 Å². The average Bonchev–Trinajstić information content (AvgIpc) is 2.71. The second-order valence-corrected chi connectivity index (χ2v) is 3.51. The van der Waals surface area contributed by atoms with Crippen molar-refractivity contribution in [1.29, 1.82) is 0 Å². The Morgan fingerprint density at radius 2 is 1.94 bits per heavy atom. The molecule has 0 bridgehead atoms. The highest BCUT2D eigenvalue weighted by Gasteiger charge is 2.09. The molecule has 6 heteroatoms. The molecule has 2 rings (SSSR count). The smallest absolute Gasteiger partial charge is 0.131 e. The number of rotatable bonds is 3. The predicted octanol–water partition coefficient (Wildman–Crippen LogP) is 2.34. The summed E-state index contributed by atoms with van der Waals surface area (Å²) in [6.07, 6.45) is 1.55. The minimum atomic E-state index is -0.595. The zero-order valence-electron chi connectivity index (χ0n) is 8.20. The number of hydrogen-bond acceptors (Lipinski definition) is 2. The minimum Gasteiger partial charge on any atom is -0.248 e. The zero-order valence-corrected chi connectivity index (χ0v) is 8.96. The molecule has 1 aromatic heterocycles. The number of alkyl halides is 1. The lowest BCUT2D eigenvalue weighted by Gasteiger charge is -2.03. The molecule has 84 valence electrons. The van der Waals surface area contributed by atoms with E-state index < -0.39 is 11.6 Å². The first kappa shape index (κ1) is 11.0. The number of benzene rings is 1. The molecule has 0 fully saturated rings. The summed E-state index contributed by atoms with van der Waals surface area (Å²) in [7, 11) is 0. The molecule has 0 radical (unpaired) electrons. The van der Waals surface area contributed by atoms with Gasteiger partial charge in [-0.05, 0) is 12.1 Å². The molecule has 0 aliphatic heterocycles. The van der Waals surface area contributed by atoms with Gasteiger partial charge in [-0.25, -0.2) is 13.5 Å². The fraction of sp³-hybridized carbons (Fsp3) is 0.200. The molecule has 0 unspecified atom stereocenters. The highest BCUT2D eigenvalue weighted by atomic mass is 35.5. The summed E-state index contributed by atoms with van der Waals surface area (Å²) in [4.78, 5) is 0. The first-order valence-corrected chi connectivity index (χ1v) is 5.12. The molecule has 0 atom stereocenters. The summed E-state index contributed by atoms with van der Waals surface area (Å²) in [6.45, 7) is 0.00238. The molecule has 1 heterocycles. The van der Waals surface area contributed by atoms with Gasteiger partial charge < -0.3 is 0 Å². The highest BCUT2D eigenvalue weighted by Crippen LogP contribution is 2.13. The number of nitrogens with zero attached hydrogens (tertiary/aromatic N) is 3. The van der Waals surface area contributed by atoms with Crippen LogP contribution in [0.2, 0.25) is 0 Å². The molecule has 3 nitrogen and oxygen atoms in total. The Morgan fingerprint density at radius 1 is 1.25 bits per heavy atom. The molecule has 0 aliphatic rings. The van der Waals surface area contributed by atoms with E-state index in [1.807, 2.05) is 0 Å². The standard InChI is InChI=1S/C10H8ClF2N3/c11-4-7-5-16(15-14-7)6-8-9(12)2-1-3-10(8)13/h1-3,5H,4,6H2. The molecular formula is C10H8ClF2N3. The first-order valence-electron chi connectivity index (χ1n) is 4.58. The van der Waals surface area contributed by atoms with E-state index in [1.165, 1.54) is 22.9 Å². The number of hydrogen-bond donors (Lipinski definition) is 0. The van der Waals surface area contributed by atoms with Crippen LogP contribution in [0.15, 0.2) is 24.4 Å². The van der Waals surface area contributed by atoms with E-state index in [-0.39, 0.29) is 18.0 Å². The van der Waals surface area contributed by atoms with E-state index in [0.29, 0.717) is 5.69 Å². The van der Waals surface area contributed by atoms with Gasteiger partial charge in [-0.1, -0.05) is 11.3 Å². The van der Waals surface area contributed by atoms with Crippen molar-refractivity contribution >= 4 is 11.6 Å². The van der Waals surface area contributed by atoms with E-state index in [0.717, 1.165) is 0 Å². The van der Waals surface area contributed by atoms with Crippen molar-refractivity contribution in [1.82, 2.24) is 15.0 Å². The molecule has 0 saturated carbocycles. The van der Waals surface area contributed by atoms with Crippen LogP contribution in [-0.4, -0.2) is 15.0 Å². The quantitative estimate of drug-likeness (QED) is 0.775. The fourth-order valence-electron chi connectivity index (χ4n) is 1.32. The summed E-state index contributed by atoms with van der Waals surface area (Å²) >= 11 is 5.54. The van der Waals surface area contributed by atoms with Crippen molar-refractivity contribution in [3.63, 3.8) is 0 Å². The lowest BCUT2D eigenvalue weighted by molar-refractivity contribution is 0.528. The van der Waals surface area contributed by atoms with E-state index in [4.69, 9.17) is 11.6 Å². The molecule has 0 amide bonds. The van der Waals surface area contributed by atoms with Crippen molar-refractivity contribution in [3.05, 3.63) is 47.3 Å². The van der Waals surface area contributed by atoms with Crippen molar-refractivity contribution in [3.8, 4) is 0 Å². The third-order valence-corrected chi connectivity index (χ3v) is 2.38. The van der Waals surface area contributed by atoms with E-state index >= 15 is 0 Å². The SMILES string of the molecule is Fc1cccc(F)c1Cn1cc(CCl)nn1. The van der Waals surface area contributed by atoms with Gasteiger partial charge in [0.05, 0.1) is 24.3 Å². The van der Waals surface area contributed by atoms with E-state index in [1.54, 1.807) is 6.20 Å². The Morgan fingerprint density at radius 3 is 2.50 bits per heavy atom. The third kappa shape index (κ3) is 2.19. The maximum Gasteiger partial charge on any atom is 0.131 e. The van der Waals surface area contributed by atoms with Crippen LogP contribution in [-0.2, 0) is 12.4 Å². The lowest BCUT2D eigenvalue weighted by atomic mass is 10.2. The highest BCUT2D eigenvalue weighted by molar-refractivity contribution is 6.16. The van der Waals surface area contributed by atoms with Gasteiger partial charge in [0.25, 0.3) is 0 Å². The van der Waals surface area contributed by atoms with Crippen LogP contribution >= 0.6 is 11.6 Å². The second-order valence-electron chi connectivity index (χ2n) is 3.24. The van der Waals surface area contributed by atoms with Gasteiger partial charge in [0.15, 0.2) is 0 Å². The van der Waals surface area contributed by atoms with Crippen LogP contribution in [0.5, 0.6) is 0 Å². The number of halogens is 3. The average molecular weight is 244 g/mol. The van der Waals surface area contributed by atoms with Crippen LogP contribution in [0.1, 0.15) is 11.3 Å². The number of aromatic nitrogens is 3. The molecule has 2 aromatic rings. The van der Waals surface area contributed by atoms with Crippen LogP contribution in [0.4, 0.5) is 8.78 Å². The van der Waals surface area contributed by atoms with Gasteiger partial charge in [-0.2, -0.15) is 0 Å². The van der Waals surface area contributed by atoms with Gasteiger partial charge in [0.2, 0.25) is 0 Å². The van der Waals surface area contributed by atoms with Gasteiger partial charge in [0, 0.05) is 5.56 Å². The summed E-state index contributed by atoms with van der Waals surface area (Å²) < 4.78 is 27.9. The molecule has 0 saturated heterocycles. The van der Waals surface area contributed by atoms with Crippen LogP contribution in [0, 0.1) is 11.6 Å². The summed E-state index contributed by atoms with van der Waals surface area (Å²) in [5, 5.41) is 7.44. The third-order valence-electron chi connectivity index (χ3n) is 2.10. The van der Waals surface area contributed by atoms with Gasteiger partial charge in [-0.3, -0.25) is 0 Å². The largest absolute Gasteiger partial charge is 0.248 e. The van der Waals surface area contributed by atoms with Crippen LogP contribution < -0.4 is 0 Å². The maximum absolute atomic E-state index is 13.3. The normalized spacial score (nSPS) is 10.7. The predicted molar refractivity (Wildman–Crippen MR) is 55.0 cm³/mol. The molecule has 16 heavy (non-hydrogen) atoms. The first-order chi connectivity index (χ1) is 7.70. The summed E-state index contributed by atoms with van der Waals surface area (Å²) in [5.41, 5.74) is 0.534. The van der Waals surface area contributed by atoms with Crippen molar-refractivity contribution < 1.29 is 8.78 Å². The van der Waals surface area contributed by atoms with E-state index in [9.17, 15) is 8.78 Å². The Hall–Kier alpha value is -1.49. The molecular weight excluding hydrogens is 236 g/mol. The molecule has 0 spiro atoms.